The number of hydrogen-bond acceptors (Lipinski definition) is 8. The van der Waals surface area contributed by atoms with Crippen LogP contribution in [0.3, 0.4) is 0 Å². The molecule has 0 radical (unpaired) electrons. The molecule has 0 amide bonds. The molecule has 8 nitrogen and oxygen atoms in total. The van der Waals surface area contributed by atoms with E-state index in [-0.39, 0.29) is 35.3 Å². The average Bonchev–Trinajstić information content (AvgIpc) is 3.39. The van der Waals surface area contributed by atoms with Crippen molar-refractivity contribution < 1.29 is 37.7 Å². The van der Waals surface area contributed by atoms with E-state index in [1.807, 2.05) is 13.8 Å². The van der Waals surface area contributed by atoms with Gasteiger partial charge >= 0.3 is 11.9 Å². The Labute approximate surface area is 222 Å². The Balaban J connectivity index is 1.72. The number of aromatic nitrogens is 1. The van der Waals surface area contributed by atoms with Crippen LogP contribution in [0.25, 0.3) is 0 Å². The largest absolute Gasteiger partial charge is 0.493 e. The molecule has 0 N–H and O–H groups in total. The lowest BCUT2D eigenvalue weighted by atomic mass is 9.79. The highest BCUT2D eigenvalue weighted by Crippen LogP contribution is 2.41. The maximum absolute atomic E-state index is 13.8. The van der Waals surface area contributed by atoms with Crippen molar-refractivity contribution in [1.29, 1.82) is 0 Å². The Morgan fingerprint density at radius 2 is 1.84 bits per heavy atom. The molecular formula is C29H36FNO7. The molecule has 0 unspecified atom stereocenters. The molecule has 38 heavy (non-hydrogen) atoms. The fourth-order valence-electron chi connectivity index (χ4n) is 5.15. The van der Waals surface area contributed by atoms with E-state index in [9.17, 15) is 18.8 Å². The number of Topliss-reactive ketones (excluding diaryl/α,β-unsaturated/α-hetero) is 1. The van der Waals surface area contributed by atoms with E-state index in [1.165, 1.54) is 38.4 Å². The van der Waals surface area contributed by atoms with Gasteiger partial charge in [-0.3, -0.25) is 14.4 Å². The lowest BCUT2D eigenvalue weighted by Gasteiger charge is -2.31. The Morgan fingerprint density at radius 1 is 1.13 bits per heavy atom. The van der Waals surface area contributed by atoms with Crippen LogP contribution < -0.4 is 9.47 Å². The van der Waals surface area contributed by atoms with Gasteiger partial charge in [0, 0.05) is 31.5 Å². The van der Waals surface area contributed by atoms with Crippen molar-refractivity contribution in [3.63, 3.8) is 0 Å². The van der Waals surface area contributed by atoms with E-state index in [2.05, 4.69) is 4.98 Å². The molecule has 0 aliphatic heterocycles. The summed E-state index contributed by atoms with van der Waals surface area (Å²) in [6.07, 6.45) is 5.05. The summed E-state index contributed by atoms with van der Waals surface area (Å²) in [5.41, 5.74) is 1.78. The number of hydrogen-bond donors (Lipinski definition) is 0. The standard InChI is InChI=1S/C29H36FNO7/c1-17-14-22(30)10-11-23(17)26(21-8-6-7-9-21)19(3)38-29(34)18(2)15-24(33)27-28(37-16-36-20(4)32)25(35-5)12-13-31-27/h10-14,18-19,21,26H,6-9,15-16H2,1-5H3/t18-,19-,26+/m1/s1. The number of ether oxygens (including phenoxy) is 4. The predicted molar refractivity (Wildman–Crippen MR) is 138 cm³/mol. The third-order valence-electron chi connectivity index (χ3n) is 7.02. The second kappa shape index (κ2) is 13.3. The zero-order valence-electron chi connectivity index (χ0n) is 22.6. The van der Waals surface area contributed by atoms with Crippen molar-refractivity contribution in [2.45, 2.75) is 71.8 Å². The average molecular weight is 530 g/mol. The van der Waals surface area contributed by atoms with E-state index in [0.29, 0.717) is 5.92 Å². The van der Waals surface area contributed by atoms with E-state index in [1.54, 1.807) is 13.0 Å². The Bertz CT molecular complexity index is 1150. The van der Waals surface area contributed by atoms with Crippen LogP contribution in [0.1, 0.15) is 80.4 Å². The van der Waals surface area contributed by atoms with Crippen LogP contribution in [0, 0.1) is 24.6 Å². The van der Waals surface area contributed by atoms with Gasteiger partial charge in [-0.1, -0.05) is 25.8 Å². The second-order valence-corrected chi connectivity index (χ2v) is 9.83. The summed E-state index contributed by atoms with van der Waals surface area (Å²) in [6.45, 7) is 6.18. The molecule has 9 heteroatoms. The van der Waals surface area contributed by atoms with Gasteiger partial charge in [0.25, 0.3) is 0 Å². The van der Waals surface area contributed by atoms with Gasteiger partial charge in [-0.2, -0.15) is 0 Å². The molecule has 1 aliphatic carbocycles. The number of aryl methyl sites for hydroxylation is 1. The van der Waals surface area contributed by atoms with Crippen LogP contribution in [0.2, 0.25) is 0 Å². The van der Waals surface area contributed by atoms with Gasteiger partial charge in [-0.25, -0.2) is 9.37 Å². The molecule has 1 fully saturated rings. The number of carbonyl (C=O) groups is 3. The molecule has 3 rings (SSSR count). The summed E-state index contributed by atoms with van der Waals surface area (Å²) in [5, 5.41) is 0. The Morgan fingerprint density at radius 3 is 2.47 bits per heavy atom. The van der Waals surface area contributed by atoms with Crippen molar-refractivity contribution in [3.05, 3.63) is 53.1 Å². The lowest BCUT2D eigenvalue weighted by molar-refractivity contribution is -0.154. The number of benzene rings is 1. The van der Waals surface area contributed by atoms with Crippen molar-refractivity contribution in [2.24, 2.45) is 11.8 Å². The number of esters is 2. The number of methoxy groups -OCH3 is 1. The minimum atomic E-state index is -0.752. The highest BCUT2D eigenvalue weighted by molar-refractivity contribution is 5.99. The van der Waals surface area contributed by atoms with Gasteiger partial charge in [0.2, 0.25) is 6.79 Å². The minimum Gasteiger partial charge on any atom is -0.493 e. The number of nitrogens with zero attached hydrogens (tertiary/aromatic N) is 1. The fourth-order valence-corrected chi connectivity index (χ4v) is 5.15. The number of pyridine rings is 1. The SMILES string of the molecule is COc1ccnc(C(=O)C[C@@H](C)C(=O)O[C@H](C)[C@H](c2ccc(F)cc2C)C2CCCC2)c1OCOC(C)=O. The van der Waals surface area contributed by atoms with Crippen molar-refractivity contribution in [3.8, 4) is 11.5 Å². The molecule has 0 bridgehead atoms. The first-order valence-corrected chi connectivity index (χ1v) is 12.9. The molecule has 1 saturated carbocycles. The van der Waals surface area contributed by atoms with Crippen LogP contribution in [0.5, 0.6) is 11.5 Å². The van der Waals surface area contributed by atoms with Gasteiger partial charge in [0.15, 0.2) is 23.0 Å². The highest BCUT2D eigenvalue weighted by Gasteiger charge is 2.35. The van der Waals surface area contributed by atoms with Crippen molar-refractivity contribution in [1.82, 2.24) is 4.98 Å². The summed E-state index contributed by atoms with van der Waals surface area (Å²) in [4.78, 5) is 41.4. The number of halogens is 1. The normalized spacial score (nSPS) is 15.8. The molecular weight excluding hydrogens is 493 g/mol. The third-order valence-corrected chi connectivity index (χ3v) is 7.02. The van der Waals surface area contributed by atoms with Crippen LogP contribution in [0.15, 0.2) is 30.5 Å². The maximum Gasteiger partial charge on any atom is 0.309 e. The van der Waals surface area contributed by atoms with Gasteiger partial charge in [0.1, 0.15) is 11.9 Å². The smallest absolute Gasteiger partial charge is 0.309 e. The summed E-state index contributed by atoms with van der Waals surface area (Å²) < 4.78 is 35.2. The van der Waals surface area contributed by atoms with E-state index >= 15 is 0 Å². The number of carbonyl (C=O) groups excluding carboxylic acids is 3. The van der Waals surface area contributed by atoms with Crippen molar-refractivity contribution >= 4 is 17.7 Å². The zero-order chi connectivity index (χ0) is 27.8. The molecule has 0 spiro atoms. The van der Waals surface area contributed by atoms with Crippen molar-refractivity contribution in [2.75, 3.05) is 13.9 Å². The summed E-state index contributed by atoms with van der Waals surface area (Å²) in [7, 11) is 1.41. The Kier molecular flexibility index (Phi) is 10.2. The van der Waals surface area contributed by atoms with Gasteiger partial charge in [0.05, 0.1) is 13.0 Å². The maximum atomic E-state index is 13.8. The third kappa shape index (κ3) is 7.30. The predicted octanol–water partition coefficient (Wildman–Crippen LogP) is 5.55. The molecule has 206 valence electrons. The molecule has 1 aromatic carbocycles. The van der Waals surface area contributed by atoms with Gasteiger partial charge in [-0.15, -0.1) is 0 Å². The number of rotatable bonds is 12. The highest BCUT2D eigenvalue weighted by atomic mass is 19.1. The summed E-state index contributed by atoms with van der Waals surface area (Å²) in [6, 6.07) is 6.26. The van der Waals surface area contributed by atoms with Crippen LogP contribution >= 0.6 is 0 Å². The molecule has 1 heterocycles. The second-order valence-electron chi connectivity index (χ2n) is 9.83. The van der Waals surface area contributed by atoms with Crippen LogP contribution in [0.4, 0.5) is 4.39 Å². The van der Waals surface area contributed by atoms with Gasteiger partial charge in [-0.05, 0) is 55.9 Å². The van der Waals surface area contributed by atoms with Crippen LogP contribution in [-0.4, -0.2) is 42.7 Å². The molecule has 1 aromatic heterocycles. The monoisotopic (exact) mass is 529 g/mol. The van der Waals surface area contributed by atoms with E-state index < -0.39 is 36.5 Å². The first-order valence-electron chi connectivity index (χ1n) is 12.9. The molecule has 2 aromatic rings. The molecule has 0 saturated heterocycles. The topological polar surface area (TPSA) is 101 Å². The minimum absolute atomic E-state index is 0.0308. The van der Waals surface area contributed by atoms with Gasteiger partial charge < -0.3 is 18.9 Å². The van der Waals surface area contributed by atoms with Crippen LogP contribution in [-0.2, 0) is 19.1 Å². The Hall–Kier alpha value is -3.49. The zero-order valence-corrected chi connectivity index (χ0v) is 22.6. The summed E-state index contributed by atoms with van der Waals surface area (Å²) >= 11 is 0. The quantitative estimate of drug-likeness (QED) is 0.200. The summed E-state index contributed by atoms with van der Waals surface area (Å²) in [5.74, 6) is -1.99. The lowest BCUT2D eigenvalue weighted by Crippen LogP contribution is -2.30. The fraction of sp³-hybridized carbons (Fsp3) is 0.517. The van der Waals surface area contributed by atoms with E-state index in [4.69, 9.17) is 18.9 Å². The first-order chi connectivity index (χ1) is 18.1. The number of ketones is 1. The first kappa shape index (κ1) is 29.1. The molecule has 1 aliphatic rings. The molecule has 3 atom stereocenters. The van der Waals surface area contributed by atoms with E-state index in [0.717, 1.165) is 36.8 Å².